The summed E-state index contributed by atoms with van der Waals surface area (Å²) in [6, 6.07) is 1.81. The molecule has 1 spiro atoms. The lowest BCUT2D eigenvalue weighted by atomic mass is 9.84. The van der Waals surface area contributed by atoms with Gasteiger partial charge in [-0.05, 0) is 45.1 Å². The highest BCUT2D eigenvalue weighted by molar-refractivity contribution is 5.92. The van der Waals surface area contributed by atoms with Gasteiger partial charge in [-0.1, -0.05) is 0 Å². The van der Waals surface area contributed by atoms with E-state index in [1.54, 1.807) is 4.68 Å². The van der Waals surface area contributed by atoms with Crippen LogP contribution in [0.1, 0.15) is 49.5 Å². The number of aryl methyl sites for hydroxylation is 1. The molecule has 1 amide bonds. The largest absolute Gasteiger partial charge is 0.375 e. The fourth-order valence-electron chi connectivity index (χ4n) is 3.24. The number of piperidine rings is 1. The number of aromatic nitrogens is 2. The van der Waals surface area contributed by atoms with Gasteiger partial charge in [0.05, 0.1) is 5.60 Å². The summed E-state index contributed by atoms with van der Waals surface area (Å²) in [4.78, 5) is 14.3. The van der Waals surface area contributed by atoms with Gasteiger partial charge in [0.2, 0.25) is 0 Å². The van der Waals surface area contributed by atoms with Crippen LogP contribution >= 0.6 is 0 Å². The second-order valence-electron chi connectivity index (χ2n) is 5.84. The molecular weight excluding hydrogens is 254 g/mol. The molecule has 5 heteroatoms. The summed E-state index contributed by atoms with van der Waals surface area (Å²) < 4.78 is 7.80. The molecular formula is C15H23N3O2. The highest BCUT2D eigenvalue weighted by atomic mass is 16.5. The minimum Gasteiger partial charge on any atom is -0.375 e. The van der Waals surface area contributed by atoms with E-state index in [-0.39, 0.29) is 11.5 Å². The topological polar surface area (TPSA) is 47.4 Å². The Morgan fingerprint density at radius 1 is 1.35 bits per heavy atom. The van der Waals surface area contributed by atoms with Gasteiger partial charge >= 0.3 is 0 Å². The molecule has 110 valence electrons. The van der Waals surface area contributed by atoms with Crippen molar-refractivity contribution in [1.82, 2.24) is 14.7 Å². The Balaban J connectivity index is 1.61. The molecule has 5 nitrogen and oxygen atoms in total. The third kappa shape index (κ3) is 2.59. The van der Waals surface area contributed by atoms with Gasteiger partial charge in [0.1, 0.15) is 5.69 Å². The summed E-state index contributed by atoms with van der Waals surface area (Å²) in [6.07, 6.45) is 7.39. The summed E-state index contributed by atoms with van der Waals surface area (Å²) in [5.74, 6) is 0.0582. The van der Waals surface area contributed by atoms with Crippen molar-refractivity contribution in [2.75, 3.05) is 19.7 Å². The van der Waals surface area contributed by atoms with E-state index in [9.17, 15) is 4.79 Å². The number of hydrogen-bond acceptors (Lipinski definition) is 3. The minimum atomic E-state index is 0.0534. The third-order valence-electron chi connectivity index (χ3n) is 4.58. The monoisotopic (exact) mass is 277 g/mol. The van der Waals surface area contributed by atoms with Crippen LogP contribution in [0.15, 0.2) is 12.3 Å². The Hall–Kier alpha value is -1.36. The molecule has 0 N–H and O–H groups in total. The molecule has 2 saturated heterocycles. The first-order valence-corrected chi connectivity index (χ1v) is 7.69. The molecule has 2 aliphatic heterocycles. The zero-order valence-electron chi connectivity index (χ0n) is 12.2. The van der Waals surface area contributed by atoms with Crippen LogP contribution in [0.4, 0.5) is 0 Å². The summed E-state index contributed by atoms with van der Waals surface area (Å²) in [5.41, 5.74) is 0.616. The van der Waals surface area contributed by atoms with Crippen molar-refractivity contribution < 1.29 is 9.53 Å². The van der Waals surface area contributed by atoms with Gasteiger partial charge in [-0.15, -0.1) is 0 Å². The number of nitrogens with zero attached hydrogens (tertiary/aromatic N) is 3. The van der Waals surface area contributed by atoms with Crippen molar-refractivity contribution in [3.63, 3.8) is 0 Å². The number of likely N-dealkylation sites (tertiary alicyclic amines) is 1. The van der Waals surface area contributed by atoms with Crippen molar-refractivity contribution in [2.24, 2.45) is 0 Å². The molecule has 0 bridgehead atoms. The van der Waals surface area contributed by atoms with Gasteiger partial charge in [-0.2, -0.15) is 5.10 Å². The zero-order valence-corrected chi connectivity index (χ0v) is 12.2. The molecule has 0 saturated carbocycles. The van der Waals surface area contributed by atoms with Crippen LogP contribution in [-0.2, 0) is 11.3 Å². The summed E-state index contributed by atoms with van der Waals surface area (Å²) >= 11 is 0. The maximum absolute atomic E-state index is 12.4. The first kappa shape index (κ1) is 13.6. The van der Waals surface area contributed by atoms with E-state index in [0.717, 1.165) is 45.5 Å². The molecule has 0 unspecified atom stereocenters. The fourth-order valence-corrected chi connectivity index (χ4v) is 3.24. The normalized spacial score (nSPS) is 22.1. The smallest absolute Gasteiger partial charge is 0.274 e. The van der Waals surface area contributed by atoms with Gasteiger partial charge < -0.3 is 9.64 Å². The maximum Gasteiger partial charge on any atom is 0.274 e. The maximum atomic E-state index is 12.4. The number of ether oxygens (including phenoxy) is 1. The standard InChI is InChI=1S/C15H23N3O2/c1-2-18-9-5-13(16-18)14(19)17-10-7-15(8-11-17)6-3-4-12-20-15/h5,9H,2-4,6-8,10-12H2,1H3. The van der Waals surface area contributed by atoms with Crippen LogP contribution in [0.25, 0.3) is 0 Å². The predicted octanol–water partition coefficient (Wildman–Crippen LogP) is 2.08. The number of rotatable bonds is 2. The van der Waals surface area contributed by atoms with E-state index in [1.165, 1.54) is 12.8 Å². The Morgan fingerprint density at radius 2 is 2.15 bits per heavy atom. The lowest BCUT2D eigenvalue weighted by molar-refractivity contribution is -0.107. The molecule has 2 fully saturated rings. The summed E-state index contributed by atoms with van der Waals surface area (Å²) in [6.45, 7) is 5.28. The van der Waals surface area contributed by atoms with Crippen molar-refractivity contribution in [1.29, 1.82) is 0 Å². The quantitative estimate of drug-likeness (QED) is 0.831. The van der Waals surface area contributed by atoms with Crippen LogP contribution < -0.4 is 0 Å². The predicted molar refractivity (Wildman–Crippen MR) is 75.6 cm³/mol. The van der Waals surface area contributed by atoms with Gasteiger partial charge in [0.25, 0.3) is 5.91 Å². The average molecular weight is 277 g/mol. The summed E-state index contributed by atoms with van der Waals surface area (Å²) in [7, 11) is 0. The summed E-state index contributed by atoms with van der Waals surface area (Å²) in [5, 5.41) is 4.30. The Morgan fingerprint density at radius 3 is 2.75 bits per heavy atom. The lowest BCUT2D eigenvalue weighted by Gasteiger charge is -2.43. The van der Waals surface area contributed by atoms with Gasteiger partial charge in [0.15, 0.2) is 0 Å². The molecule has 3 heterocycles. The Kier molecular flexibility index (Phi) is 3.78. The van der Waals surface area contributed by atoms with Crippen molar-refractivity contribution in [2.45, 2.75) is 51.2 Å². The van der Waals surface area contributed by atoms with Crippen molar-refractivity contribution in [3.05, 3.63) is 18.0 Å². The van der Waals surface area contributed by atoms with Gasteiger partial charge in [0, 0.05) is 32.4 Å². The average Bonchev–Trinajstić information content (AvgIpc) is 2.97. The SMILES string of the molecule is CCn1ccc(C(=O)N2CCC3(CCCCO3)CC2)n1. The molecule has 0 aliphatic carbocycles. The lowest BCUT2D eigenvalue weighted by Crippen LogP contribution is -2.49. The third-order valence-corrected chi connectivity index (χ3v) is 4.58. The molecule has 0 atom stereocenters. The number of hydrogen-bond donors (Lipinski definition) is 0. The molecule has 0 aromatic carbocycles. The van der Waals surface area contributed by atoms with Crippen LogP contribution in [0.3, 0.4) is 0 Å². The van der Waals surface area contributed by atoms with E-state index >= 15 is 0 Å². The van der Waals surface area contributed by atoms with E-state index < -0.39 is 0 Å². The Bertz CT molecular complexity index is 467. The highest BCUT2D eigenvalue weighted by Crippen LogP contribution is 2.35. The number of carbonyl (C=O) groups excluding carboxylic acids is 1. The molecule has 2 aliphatic rings. The van der Waals surface area contributed by atoms with Crippen LogP contribution in [0.2, 0.25) is 0 Å². The number of carbonyl (C=O) groups is 1. The molecule has 20 heavy (non-hydrogen) atoms. The fraction of sp³-hybridized carbons (Fsp3) is 0.733. The van der Waals surface area contributed by atoms with Crippen LogP contribution in [-0.4, -0.2) is 45.9 Å². The van der Waals surface area contributed by atoms with E-state index in [1.807, 2.05) is 24.1 Å². The molecule has 1 aromatic rings. The number of amides is 1. The van der Waals surface area contributed by atoms with Crippen LogP contribution in [0.5, 0.6) is 0 Å². The second-order valence-corrected chi connectivity index (χ2v) is 5.84. The van der Waals surface area contributed by atoms with E-state index in [4.69, 9.17) is 4.74 Å². The first-order valence-electron chi connectivity index (χ1n) is 7.69. The molecule has 1 aromatic heterocycles. The zero-order chi connectivity index (χ0) is 14.0. The van der Waals surface area contributed by atoms with E-state index in [0.29, 0.717) is 5.69 Å². The molecule has 3 rings (SSSR count). The van der Waals surface area contributed by atoms with Crippen molar-refractivity contribution in [3.8, 4) is 0 Å². The first-order chi connectivity index (χ1) is 9.72. The van der Waals surface area contributed by atoms with E-state index in [2.05, 4.69) is 5.10 Å². The second kappa shape index (κ2) is 5.56. The van der Waals surface area contributed by atoms with Gasteiger partial charge in [-0.25, -0.2) is 0 Å². The van der Waals surface area contributed by atoms with Gasteiger partial charge in [-0.3, -0.25) is 9.48 Å². The Labute approximate surface area is 119 Å². The van der Waals surface area contributed by atoms with Crippen LogP contribution in [0, 0.1) is 0 Å². The highest BCUT2D eigenvalue weighted by Gasteiger charge is 2.38. The van der Waals surface area contributed by atoms with Crippen molar-refractivity contribution >= 4 is 5.91 Å². The minimum absolute atomic E-state index is 0.0534. The molecule has 0 radical (unpaired) electrons.